The second-order valence-electron chi connectivity index (χ2n) is 4.96. The lowest BCUT2D eigenvalue weighted by atomic mass is 10.2. The van der Waals surface area contributed by atoms with Crippen LogP contribution in [0.3, 0.4) is 0 Å². The molecule has 2 N–H and O–H groups in total. The van der Waals surface area contributed by atoms with Gasteiger partial charge < -0.3 is 15.4 Å². The first-order chi connectivity index (χ1) is 10.3. The van der Waals surface area contributed by atoms with E-state index in [4.69, 9.17) is 16.3 Å². The van der Waals surface area contributed by atoms with Gasteiger partial charge in [0.25, 0.3) is 0 Å². The van der Waals surface area contributed by atoms with Crippen LogP contribution in [0.4, 0.5) is 0 Å². The van der Waals surface area contributed by atoms with Crippen molar-refractivity contribution in [2.45, 2.75) is 25.5 Å². The summed E-state index contributed by atoms with van der Waals surface area (Å²) in [7, 11) is 1.78. The number of aliphatic imine (C=N–C) groups is 1. The Balaban J connectivity index is 1.58. The van der Waals surface area contributed by atoms with Gasteiger partial charge >= 0.3 is 0 Å². The highest BCUT2D eigenvalue weighted by molar-refractivity contribution is 6.30. The van der Waals surface area contributed by atoms with Gasteiger partial charge in [-0.25, -0.2) is 0 Å². The van der Waals surface area contributed by atoms with Gasteiger partial charge in [0.1, 0.15) is 0 Å². The van der Waals surface area contributed by atoms with Gasteiger partial charge in [-0.05, 0) is 30.5 Å². The molecule has 1 aliphatic carbocycles. The number of rotatable bonds is 6. The summed E-state index contributed by atoms with van der Waals surface area (Å²) in [5.74, 6) is 0.832. The summed E-state index contributed by atoms with van der Waals surface area (Å²) in [6.45, 7) is 1.96. The average molecular weight is 308 g/mol. The van der Waals surface area contributed by atoms with Gasteiger partial charge in [-0.15, -0.1) is 0 Å². The fraction of sp³-hybridized carbons (Fsp3) is 0.438. The minimum atomic E-state index is 0.464. The summed E-state index contributed by atoms with van der Waals surface area (Å²) in [6, 6.07) is 8.16. The quantitative estimate of drug-likeness (QED) is 0.368. The highest BCUT2D eigenvalue weighted by atomic mass is 35.5. The minimum Gasteiger partial charge on any atom is -0.375 e. The molecule has 0 saturated heterocycles. The van der Waals surface area contributed by atoms with Crippen LogP contribution in [0.1, 0.15) is 18.4 Å². The Morgan fingerprint density at radius 2 is 2.00 bits per heavy atom. The second-order valence-corrected chi connectivity index (χ2v) is 5.40. The Labute approximate surface area is 131 Å². The van der Waals surface area contributed by atoms with Crippen molar-refractivity contribution >= 4 is 17.6 Å². The van der Waals surface area contributed by atoms with Crippen molar-refractivity contribution in [2.75, 3.05) is 20.2 Å². The van der Waals surface area contributed by atoms with Crippen LogP contribution in [0.5, 0.6) is 0 Å². The molecule has 1 aromatic rings. The van der Waals surface area contributed by atoms with Gasteiger partial charge in [0.15, 0.2) is 5.96 Å². The molecule has 0 heterocycles. The summed E-state index contributed by atoms with van der Waals surface area (Å²) in [6.07, 6.45) is 6.52. The van der Waals surface area contributed by atoms with Crippen LogP contribution >= 0.6 is 11.6 Å². The molecule has 0 spiro atoms. The Kier molecular flexibility index (Phi) is 6.57. The molecule has 1 aromatic carbocycles. The van der Waals surface area contributed by atoms with Crippen LogP contribution in [0.25, 0.3) is 0 Å². The standard InChI is InChI=1S/C16H22ClN3O/c1-18-16(20-15-4-2-3-5-15)19-10-11-21-12-13-6-8-14(17)9-7-13/h2-3,6-9,15H,4-5,10-12H2,1H3,(H2,18,19,20). The van der Waals surface area contributed by atoms with Gasteiger partial charge in [-0.1, -0.05) is 35.9 Å². The number of nitrogens with zero attached hydrogens (tertiary/aromatic N) is 1. The van der Waals surface area contributed by atoms with Gasteiger partial charge in [0.05, 0.1) is 13.2 Å². The first-order valence-electron chi connectivity index (χ1n) is 7.22. The summed E-state index contributed by atoms with van der Waals surface area (Å²) >= 11 is 5.84. The lowest BCUT2D eigenvalue weighted by Crippen LogP contribution is -2.43. The smallest absolute Gasteiger partial charge is 0.191 e. The molecule has 0 fully saturated rings. The number of benzene rings is 1. The number of guanidine groups is 1. The number of nitrogens with one attached hydrogen (secondary N) is 2. The fourth-order valence-electron chi connectivity index (χ4n) is 2.14. The van der Waals surface area contributed by atoms with Crippen molar-refractivity contribution in [3.63, 3.8) is 0 Å². The largest absolute Gasteiger partial charge is 0.375 e. The van der Waals surface area contributed by atoms with E-state index in [0.29, 0.717) is 19.3 Å². The van der Waals surface area contributed by atoms with E-state index in [-0.39, 0.29) is 0 Å². The monoisotopic (exact) mass is 307 g/mol. The van der Waals surface area contributed by atoms with Crippen molar-refractivity contribution < 1.29 is 4.74 Å². The minimum absolute atomic E-state index is 0.464. The zero-order valence-corrected chi connectivity index (χ0v) is 13.1. The third kappa shape index (κ3) is 5.78. The molecule has 0 atom stereocenters. The molecule has 114 valence electrons. The second kappa shape index (κ2) is 8.70. The van der Waals surface area contributed by atoms with Crippen LogP contribution in [0, 0.1) is 0 Å². The van der Waals surface area contributed by atoms with Crippen LogP contribution in [-0.4, -0.2) is 32.2 Å². The summed E-state index contributed by atoms with van der Waals surface area (Å²) in [4.78, 5) is 4.21. The molecule has 0 bridgehead atoms. The molecular formula is C16H22ClN3O. The predicted octanol–water partition coefficient (Wildman–Crippen LogP) is 2.74. The Morgan fingerprint density at radius 1 is 1.29 bits per heavy atom. The van der Waals surface area contributed by atoms with Crippen LogP contribution in [0.15, 0.2) is 41.4 Å². The van der Waals surface area contributed by atoms with E-state index in [2.05, 4.69) is 27.8 Å². The molecule has 4 nitrogen and oxygen atoms in total. The van der Waals surface area contributed by atoms with Crippen molar-refractivity contribution in [1.82, 2.24) is 10.6 Å². The SMILES string of the molecule is CN=C(NCCOCc1ccc(Cl)cc1)NC1CC=CC1. The molecular weight excluding hydrogens is 286 g/mol. The topological polar surface area (TPSA) is 45.7 Å². The van der Waals surface area contributed by atoms with E-state index in [0.717, 1.165) is 35.9 Å². The van der Waals surface area contributed by atoms with Crippen molar-refractivity contribution in [3.05, 3.63) is 47.0 Å². The van der Waals surface area contributed by atoms with Crippen LogP contribution in [-0.2, 0) is 11.3 Å². The summed E-state index contributed by atoms with van der Waals surface area (Å²) in [5, 5.41) is 7.39. The predicted molar refractivity (Wildman–Crippen MR) is 87.8 cm³/mol. The highest BCUT2D eigenvalue weighted by Crippen LogP contribution is 2.10. The highest BCUT2D eigenvalue weighted by Gasteiger charge is 2.10. The maximum atomic E-state index is 5.84. The normalized spacial score (nSPS) is 15.4. The van der Waals surface area contributed by atoms with Gasteiger partial charge in [-0.3, -0.25) is 4.99 Å². The Hall–Kier alpha value is -1.52. The van der Waals surface area contributed by atoms with Crippen molar-refractivity contribution in [2.24, 2.45) is 4.99 Å². The van der Waals surface area contributed by atoms with E-state index in [1.807, 2.05) is 24.3 Å². The third-order valence-electron chi connectivity index (χ3n) is 3.29. The van der Waals surface area contributed by atoms with Gasteiger partial charge in [0.2, 0.25) is 0 Å². The molecule has 0 saturated carbocycles. The number of hydrogen-bond donors (Lipinski definition) is 2. The molecule has 5 heteroatoms. The molecule has 2 rings (SSSR count). The third-order valence-corrected chi connectivity index (χ3v) is 3.55. The molecule has 0 amide bonds. The molecule has 0 aliphatic heterocycles. The summed E-state index contributed by atoms with van der Waals surface area (Å²) < 4.78 is 5.62. The lowest BCUT2D eigenvalue weighted by Gasteiger charge is -2.16. The molecule has 1 aliphatic rings. The molecule has 0 radical (unpaired) electrons. The van der Waals surface area contributed by atoms with E-state index in [1.54, 1.807) is 7.05 Å². The zero-order chi connectivity index (χ0) is 14.9. The number of hydrogen-bond acceptors (Lipinski definition) is 2. The Bertz CT molecular complexity index is 477. The van der Waals surface area contributed by atoms with Crippen LogP contribution in [0.2, 0.25) is 5.02 Å². The van der Waals surface area contributed by atoms with E-state index in [9.17, 15) is 0 Å². The van der Waals surface area contributed by atoms with Crippen LogP contribution < -0.4 is 10.6 Å². The maximum Gasteiger partial charge on any atom is 0.191 e. The molecule has 0 unspecified atom stereocenters. The van der Waals surface area contributed by atoms with E-state index in [1.165, 1.54) is 0 Å². The van der Waals surface area contributed by atoms with Gasteiger partial charge in [0, 0.05) is 24.7 Å². The number of halogens is 1. The first-order valence-corrected chi connectivity index (χ1v) is 7.60. The number of ether oxygens (including phenoxy) is 1. The maximum absolute atomic E-state index is 5.84. The van der Waals surface area contributed by atoms with E-state index < -0.39 is 0 Å². The summed E-state index contributed by atoms with van der Waals surface area (Å²) in [5.41, 5.74) is 1.12. The molecule has 0 aromatic heterocycles. The molecule has 21 heavy (non-hydrogen) atoms. The average Bonchev–Trinajstić information content (AvgIpc) is 3.00. The fourth-order valence-corrected chi connectivity index (χ4v) is 2.26. The first kappa shape index (κ1) is 15.9. The van der Waals surface area contributed by atoms with Crippen molar-refractivity contribution in [1.29, 1.82) is 0 Å². The van der Waals surface area contributed by atoms with Crippen molar-refractivity contribution in [3.8, 4) is 0 Å². The van der Waals surface area contributed by atoms with E-state index >= 15 is 0 Å². The lowest BCUT2D eigenvalue weighted by molar-refractivity contribution is 0.125. The zero-order valence-electron chi connectivity index (χ0n) is 12.3. The Morgan fingerprint density at radius 3 is 2.67 bits per heavy atom. The van der Waals surface area contributed by atoms with Gasteiger partial charge in [-0.2, -0.15) is 0 Å².